The molecule has 1 atom stereocenters. The molecule has 1 unspecified atom stereocenters. The molecule has 1 aromatic carbocycles. The third-order valence-electron chi connectivity index (χ3n) is 3.55. The number of nitrogens with one attached hydrogen (secondary N) is 1. The van der Waals surface area contributed by atoms with Gasteiger partial charge in [0.05, 0.1) is 5.69 Å². The lowest BCUT2D eigenvalue weighted by Crippen LogP contribution is -2.19. The van der Waals surface area contributed by atoms with Crippen LogP contribution in [0.25, 0.3) is 0 Å². The molecule has 4 heteroatoms. The maximum atomic E-state index is 4.63. The van der Waals surface area contributed by atoms with Gasteiger partial charge in [0.25, 0.3) is 0 Å². The van der Waals surface area contributed by atoms with E-state index in [1.54, 1.807) is 0 Å². The highest BCUT2D eigenvalue weighted by atomic mass is 79.9. The summed E-state index contributed by atoms with van der Waals surface area (Å²) >= 11 is 3.60. The van der Waals surface area contributed by atoms with Gasteiger partial charge in [0.2, 0.25) is 0 Å². The minimum atomic E-state index is 0.280. The standard InChI is InChI=1S/C16H22BrN3/c1-11(2)20-8-7-14(19-20)10-16(18-4)13-6-5-12(3)15(17)9-13/h5-9,11,16,18H,10H2,1-4H3. The van der Waals surface area contributed by atoms with Crippen LogP contribution in [0.3, 0.4) is 0 Å². The molecule has 3 nitrogen and oxygen atoms in total. The second-order valence-corrected chi connectivity index (χ2v) is 6.29. The highest BCUT2D eigenvalue weighted by Gasteiger charge is 2.13. The van der Waals surface area contributed by atoms with Crippen molar-refractivity contribution in [1.29, 1.82) is 0 Å². The highest BCUT2D eigenvalue weighted by molar-refractivity contribution is 9.10. The summed E-state index contributed by atoms with van der Waals surface area (Å²) in [6.07, 6.45) is 2.95. The second-order valence-electron chi connectivity index (χ2n) is 5.43. The number of aromatic nitrogens is 2. The van der Waals surface area contributed by atoms with E-state index >= 15 is 0 Å². The quantitative estimate of drug-likeness (QED) is 0.893. The summed E-state index contributed by atoms with van der Waals surface area (Å²) in [6.45, 7) is 6.39. The van der Waals surface area contributed by atoms with Crippen LogP contribution < -0.4 is 5.32 Å². The lowest BCUT2D eigenvalue weighted by atomic mass is 10.0. The normalized spacial score (nSPS) is 12.9. The van der Waals surface area contributed by atoms with Gasteiger partial charge in [-0.25, -0.2) is 0 Å². The van der Waals surface area contributed by atoms with Crippen LogP contribution in [0.1, 0.15) is 42.8 Å². The van der Waals surface area contributed by atoms with E-state index in [9.17, 15) is 0 Å². The lowest BCUT2D eigenvalue weighted by molar-refractivity contribution is 0.515. The maximum Gasteiger partial charge on any atom is 0.0643 e. The van der Waals surface area contributed by atoms with E-state index < -0.39 is 0 Å². The van der Waals surface area contributed by atoms with Crippen molar-refractivity contribution in [3.63, 3.8) is 0 Å². The van der Waals surface area contributed by atoms with E-state index in [2.05, 4.69) is 77.6 Å². The summed E-state index contributed by atoms with van der Waals surface area (Å²) in [5, 5.41) is 8.01. The first kappa shape index (κ1) is 15.3. The van der Waals surface area contributed by atoms with Crippen molar-refractivity contribution >= 4 is 15.9 Å². The summed E-state index contributed by atoms with van der Waals surface area (Å²) in [5.41, 5.74) is 3.66. The Hall–Kier alpha value is -1.13. The predicted octanol–water partition coefficient (Wildman–Crippen LogP) is 4.04. The number of rotatable bonds is 5. The summed E-state index contributed by atoms with van der Waals surface area (Å²) in [5.74, 6) is 0. The topological polar surface area (TPSA) is 29.9 Å². The fraction of sp³-hybridized carbons (Fsp3) is 0.438. The van der Waals surface area contributed by atoms with Crippen LogP contribution in [0.5, 0.6) is 0 Å². The first-order valence-electron chi connectivity index (χ1n) is 6.98. The van der Waals surface area contributed by atoms with Crippen LogP contribution in [0, 0.1) is 6.92 Å². The summed E-state index contributed by atoms with van der Waals surface area (Å²) in [6, 6.07) is 9.31. The van der Waals surface area contributed by atoms with Crippen molar-refractivity contribution in [1.82, 2.24) is 15.1 Å². The van der Waals surface area contributed by atoms with E-state index in [0.717, 1.165) is 16.6 Å². The highest BCUT2D eigenvalue weighted by Crippen LogP contribution is 2.24. The number of likely N-dealkylation sites (N-methyl/N-ethyl adjacent to an activating group) is 1. The first-order chi connectivity index (χ1) is 9.51. The second kappa shape index (κ2) is 6.55. The predicted molar refractivity (Wildman–Crippen MR) is 87.0 cm³/mol. The molecule has 1 aromatic heterocycles. The first-order valence-corrected chi connectivity index (χ1v) is 7.78. The fourth-order valence-electron chi connectivity index (χ4n) is 2.20. The van der Waals surface area contributed by atoms with Gasteiger partial charge in [0.1, 0.15) is 0 Å². The zero-order chi connectivity index (χ0) is 14.7. The lowest BCUT2D eigenvalue weighted by Gasteiger charge is -2.16. The van der Waals surface area contributed by atoms with Crippen molar-refractivity contribution < 1.29 is 0 Å². The molecule has 1 heterocycles. The maximum absolute atomic E-state index is 4.63. The Labute approximate surface area is 129 Å². The average molecular weight is 336 g/mol. The Morgan fingerprint density at radius 1 is 1.30 bits per heavy atom. The van der Waals surface area contributed by atoms with Crippen LogP contribution in [-0.2, 0) is 6.42 Å². The van der Waals surface area contributed by atoms with Crippen molar-refractivity contribution in [3.8, 4) is 0 Å². The number of halogens is 1. The van der Waals surface area contributed by atoms with Crippen LogP contribution in [0.4, 0.5) is 0 Å². The molecule has 0 radical (unpaired) electrons. The molecule has 0 saturated carbocycles. The molecule has 20 heavy (non-hydrogen) atoms. The minimum Gasteiger partial charge on any atom is -0.313 e. The van der Waals surface area contributed by atoms with Gasteiger partial charge >= 0.3 is 0 Å². The number of hydrogen-bond acceptors (Lipinski definition) is 2. The van der Waals surface area contributed by atoms with Crippen molar-refractivity contribution in [3.05, 3.63) is 51.8 Å². The molecule has 0 aliphatic rings. The number of aryl methyl sites for hydroxylation is 1. The van der Waals surface area contributed by atoms with E-state index in [1.165, 1.54) is 11.1 Å². The molecule has 108 valence electrons. The largest absolute Gasteiger partial charge is 0.313 e. The van der Waals surface area contributed by atoms with Gasteiger partial charge in [-0.2, -0.15) is 5.10 Å². The SMILES string of the molecule is CNC(Cc1ccn(C(C)C)n1)c1ccc(C)c(Br)c1. The molecule has 1 N–H and O–H groups in total. The molecule has 0 fully saturated rings. The van der Waals surface area contributed by atoms with E-state index in [4.69, 9.17) is 0 Å². The van der Waals surface area contributed by atoms with Gasteiger partial charge in [-0.1, -0.05) is 28.1 Å². The zero-order valence-corrected chi connectivity index (χ0v) is 14.1. The molecular formula is C16H22BrN3. The molecule has 0 saturated heterocycles. The molecule has 0 aliphatic carbocycles. The van der Waals surface area contributed by atoms with E-state index in [1.807, 2.05) is 11.7 Å². The van der Waals surface area contributed by atoms with E-state index in [-0.39, 0.29) is 6.04 Å². The van der Waals surface area contributed by atoms with Gasteiger partial charge < -0.3 is 5.32 Å². The minimum absolute atomic E-state index is 0.280. The fourth-order valence-corrected chi connectivity index (χ4v) is 2.59. The Morgan fingerprint density at radius 3 is 2.60 bits per heavy atom. The van der Waals surface area contributed by atoms with Crippen LogP contribution in [-0.4, -0.2) is 16.8 Å². The molecular weight excluding hydrogens is 314 g/mol. The number of hydrogen-bond donors (Lipinski definition) is 1. The summed E-state index contributed by atoms with van der Waals surface area (Å²) < 4.78 is 3.16. The molecule has 0 bridgehead atoms. The van der Waals surface area contributed by atoms with Crippen LogP contribution in [0.2, 0.25) is 0 Å². The summed E-state index contributed by atoms with van der Waals surface area (Å²) in [4.78, 5) is 0. The number of nitrogens with zero attached hydrogens (tertiary/aromatic N) is 2. The Morgan fingerprint density at radius 2 is 2.05 bits per heavy atom. The van der Waals surface area contributed by atoms with Crippen molar-refractivity contribution in [2.45, 2.75) is 39.3 Å². The third kappa shape index (κ3) is 3.49. The monoisotopic (exact) mass is 335 g/mol. The van der Waals surface area contributed by atoms with Gasteiger partial charge in [-0.3, -0.25) is 4.68 Å². The van der Waals surface area contributed by atoms with Gasteiger partial charge in [-0.05, 0) is 51.1 Å². The third-order valence-corrected chi connectivity index (χ3v) is 4.41. The van der Waals surface area contributed by atoms with Gasteiger partial charge in [0, 0.05) is 29.2 Å². The van der Waals surface area contributed by atoms with Gasteiger partial charge in [-0.15, -0.1) is 0 Å². The van der Waals surface area contributed by atoms with Crippen molar-refractivity contribution in [2.75, 3.05) is 7.05 Å². The van der Waals surface area contributed by atoms with E-state index in [0.29, 0.717) is 6.04 Å². The Balaban J connectivity index is 2.17. The van der Waals surface area contributed by atoms with Crippen LogP contribution in [0.15, 0.2) is 34.9 Å². The molecule has 0 spiro atoms. The average Bonchev–Trinajstić information content (AvgIpc) is 2.88. The van der Waals surface area contributed by atoms with Gasteiger partial charge in [0.15, 0.2) is 0 Å². The summed E-state index contributed by atoms with van der Waals surface area (Å²) in [7, 11) is 2.00. The van der Waals surface area contributed by atoms with Crippen molar-refractivity contribution in [2.24, 2.45) is 0 Å². The molecule has 2 aromatic rings. The Kier molecular flexibility index (Phi) is 5.00. The number of benzene rings is 1. The van der Waals surface area contributed by atoms with Crippen LogP contribution >= 0.6 is 15.9 Å². The Bertz CT molecular complexity index is 575. The molecule has 2 rings (SSSR count). The zero-order valence-electron chi connectivity index (χ0n) is 12.5. The smallest absolute Gasteiger partial charge is 0.0643 e. The molecule has 0 amide bonds. The molecule has 0 aliphatic heterocycles.